The van der Waals surface area contributed by atoms with Crippen LogP contribution in [-0.4, -0.2) is 79.4 Å². The van der Waals surface area contributed by atoms with Crippen molar-refractivity contribution in [1.82, 2.24) is 15.6 Å². The summed E-state index contributed by atoms with van der Waals surface area (Å²) in [4.78, 5) is 34.4. The second kappa shape index (κ2) is 17.9. The molecule has 11 nitrogen and oxygen atoms in total. The first-order valence-electron chi connectivity index (χ1n) is 21.5. The Balaban J connectivity index is 0.981. The van der Waals surface area contributed by atoms with Crippen molar-refractivity contribution in [2.75, 3.05) is 72.8 Å². The van der Waals surface area contributed by atoms with Gasteiger partial charge in [-0.2, -0.15) is 0 Å². The number of benzene rings is 5. The van der Waals surface area contributed by atoms with E-state index in [1.807, 2.05) is 24.3 Å². The third-order valence-electron chi connectivity index (χ3n) is 12.5. The Labute approximate surface area is 375 Å². The van der Waals surface area contributed by atoms with Crippen molar-refractivity contribution in [3.63, 3.8) is 0 Å². The SMILES string of the molecule is CC(=O)Nc1ccc(-c2cccc(-c3cc(CC(=O)Nc4ccc(-c5cc(F)cc(-c6ccnc(N7CCNCC7)c6)c5O)cc4Cl)cc(N4CCC5(CCNC5)C4)c3)c2O)cc1F. The van der Waals surface area contributed by atoms with Gasteiger partial charge >= 0.3 is 0 Å². The molecule has 3 aliphatic heterocycles. The number of pyridine rings is 1. The van der Waals surface area contributed by atoms with E-state index in [9.17, 15) is 19.8 Å². The number of amides is 2. The van der Waals surface area contributed by atoms with Crippen LogP contribution in [0.15, 0.2) is 103 Å². The van der Waals surface area contributed by atoms with Crippen molar-refractivity contribution in [2.24, 2.45) is 5.41 Å². The zero-order chi connectivity index (χ0) is 44.5. The number of phenols is 2. The predicted molar refractivity (Wildman–Crippen MR) is 249 cm³/mol. The molecule has 328 valence electrons. The highest BCUT2D eigenvalue weighted by atomic mass is 35.5. The first kappa shape index (κ1) is 42.7. The zero-order valence-electron chi connectivity index (χ0n) is 35.3. The van der Waals surface area contributed by atoms with Crippen LogP contribution in [0.5, 0.6) is 11.5 Å². The Morgan fingerprint density at radius 1 is 0.734 bits per heavy atom. The Morgan fingerprint density at radius 3 is 2.14 bits per heavy atom. The minimum absolute atomic E-state index is 0.0222. The molecule has 6 aromatic rings. The molecule has 2 amide bonds. The predicted octanol–water partition coefficient (Wildman–Crippen LogP) is 8.83. The molecule has 1 aromatic heterocycles. The van der Waals surface area contributed by atoms with Gasteiger partial charge in [0.25, 0.3) is 0 Å². The van der Waals surface area contributed by atoms with E-state index in [0.717, 1.165) is 76.7 Å². The lowest BCUT2D eigenvalue weighted by molar-refractivity contribution is -0.116. The van der Waals surface area contributed by atoms with E-state index in [-0.39, 0.29) is 45.5 Å². The minimum atomic E-state index is -0.630. The van der Waals surface area contributed by atoms with Crippen LogP contribution in [0.2, 0.25) is 5.02 Å². The van der Waals surface area contributed by atoms with Crippen molar-refractivity contribution in [3.8, 4) is 56.0 Å². The maximum absolute atomic E-state index is 15.2. The standard InChI is InChI=1S/C50H48ClF2N7O4/c1-30(61)57-45-8-6-33(24-43(45)53)38-3-2-4-39(48(38)63)35-19-31(20-37(22-35)60-16-11-50(29-60)10-13-55-28-50)21-47(62)58-44-7-5-32(23-42(44)51)40-26-36(52)27-41(49(40)64)34-9-12-56-46(25-34)59-17-14-54-15-18-59/h2-9,12,19-20,22-27,54-55,63-64H,10-11,13-18,21,28-29H2,1H3,(H,57,61)(H,58,62). The fraction of sp³-hybridized carbons (Fsp3) is 0.260. The van der Waals surface area contributed by atoms with E-state index in [0.29, 0.717) is 50.2 Å². The summed E-state index contributed by atoms with van der Waals surface area (Å²) in [6, 6.07) is 26.6. The number of hydrogen-bond acceptors (Lipinski definition) is 9. The van der Waals surface area contributed by atoms with Crippen molar-refractivity contribution >= 4 is 46.3 Å². The molecule has 6 N–H and O–H groups in total. The third-order valence-corrected chi connectivity index (χ3v) is 12.9. The molecular formula is C50H48ClF2N7O4. The lowest BCUT2D eigenvalue weighted by Gasteiger charge is -2.28. The molecule has 0 aliphatic carbocycles. The molecule has 14 heteroatoms. The molecular weight excluding hydrogens is 836 g/mol. The number of piperazine rings is 1. The van der Waals surface area contributed by atoms with Gasteiger partial charge in [0.05, 0.1) is 22.8 Å². The number of nitrogens with zero attached hydrogens (tertiary/aromatic N) is 3. The Bertz CT molecular complexity index is 2770. The number of aromatic hydroxyl groups is 2. The number of nitrogens with one attached hydrogen (secondary N) is 4. The van der Waals surface area contributed by atoms with Gasteiger partial charge in [0.1, 0.15) is 29.0 Å². The fourth-order valence-corrected chi connectivity index (χ4v) is 9.48. The molecule has 3 saturated heterocycles. The van der Waals surface area contributed by atoms with E-state index in [1.165, 1.54) is 31.2 Å². The van der Waals surface area contributed by atoms with Gasteiger partial charge in [-0.3, -0.25) is 9.59 Å². The number of anilines is 4. The number of para-hydroxylation sites is 1. The second-order valence-corrected chi connectivity index (χ2v) is 17.4. The van der Waals surface area contributed by atoms with Crippen molar-refractivity contribution in [1.29, 1.82) is 0 Å². The van der Waals surface area contributed by atoms with Gasteiger partial charge < -0.3 is 41.3 Å². The maximum Gasteiger partial charge on any atom is 0.228 e. The average molecular weight is 884 g/mol. The third kappa shape index (κ3) is 8.96. The van der Waals surface area contributed by atoms with E-state index >= 15 is 8.78 Å². The molecule has 5 aromatic carbocycles. The summed E-state index contributed by atoms with van der Waals surface area (Å²) < 4.78 is 30.3. The Kier molecular flexibility index (Phi) is 12.0. The Hall–Kier alpha value is -6.54. The molecule has 1 unspecified atom stereocenters. The smallest absolute Gasteiger partial charge is 0.228 e. The summed E-state index contributed by atoms with van der Waals surface area (Å²) in [5.41, 5.74) is 5.86. The lowest BCUT2D eigenvalue weighted by Crippen LogP contribution is -2.43. The van der Waals surface area contributed by atoms with Gasteiger partial charge in [0.2, 0.25) is 11.8 Å². The highest BCUT2D eigenvalue weighted by Gasteiger charge is 2.40. The summed E-state index contributed by atoms with van der Waals surface area (Å²) >= 11 is 6.79. The van der Waals surface area contributed by atoms with Crippen LogP contribution in [-0.2, 0) is 16.0 Å². The Morgan fingerprint density at radius 2 is 1.44 bits per heavy atom. The molecule has 1 spiro atoms. The number of halogens is 3. The summed E-state index contributed by atoms with van der Waals surface area (Å²) in [5, 5.41) is 35.7. The number of rotatable bonds is 10. The molecule has 4 heterocycles. The first-order valence-corrected chi connectivity index (χ1v) is 21.8. The van der Waals surface area contributed by atoms with Gasteiger partial charge in [0.15, 0.2) is 0 Å². The summed E-state index contributed by atoms with van der Waals surface area (Å²) in [7, 11) is 0. The van der Waals surface area contributed by atoms with Gasteiger partial charge in [-0.25, -0.2) is 13.8 Å². The largest absolute Gasteiger partial charge is 0.507 e. The molecule has 0 saturated carbocycles. The summed E-state index contributed by atoms with van der Waals surface area (Å²) in [5.74, 6) is -1.31. The van der Waals surface area contributed by atoms with Gasteiger partial charge in [-0.15, -0.1) is 0 Å². The molecule has 64 heavy (non-hydrogen) atoms. The molecule has 1 atom stereocenters. The number of aromatic nitrogens is 1. The molecule has 3 aliphatic rings. The fourth-order valence-electron chi connectivity index (χ4n) is 9.25. The molecule has 9 rings (SSSR count). The van der Waals surface area contributed by atoms with E-state index < -0.39 is 17.5 Å². The van der Waals surface area contributed by atoms with Crippen molar-refractivity contribution in [3.05, 3.63) is 125 Å². The van der Waals surface area contributed by atoms with E-state index in [4.69, 9.17) is 11.6 Å². The average Bonchev–Trinajstić information content (AvgIpc) is 3.94. The maximum atomic E-state index is 15.2. The number of carbonyl (C=O) groups excluding carboxylic acids is 2. The zero-order valence-corrected chi connectivity index (χ0v) is 36.0. The summed E-state index contributed by atoms with van der Waals surface area (Å²) in [6.07, 6.45) is 3.75. The van der Waals surface area contributed by atoms with Crippen LogP contribution < -0.4 is 31.1 Å². The molecule has 3 fully saturated rings. The monoisotopic (exact) mass is 883 g/mol. The molecule has 0 bridgehead atoms. The van der Waals surface area contributed by atoms with E-state index in [2.05, 4.69) is 36.1 Å². The number of hydrogen-bond donors (Lipinski definition) is 6. The van der Waals surface area contributed by atoms with Crippen molar-refractivity contribution in [2.45, 2.75) is 26.2 Å². The highest BCUT2D eigenvalue weighted by Crippen LogP contribution is 2.44. The van der Waals surface area contributed by atoms with Crippen LogP contribution in [0, 0.1) is 17.0 Å². The molecule has 0 radical (unpaired) electrons. The van der Waals surface area contributed by atoms with Crippen LogP contribution in [0.1, 0.15) is 25.3 Å². The number of carbonyl (C=O) groups is 2. The minimum Gasteiger partial charge on any atom is -0.507 e. The van der Waals surface area contributed by atoms with Crippen LogP contribution in [0.4, 0.5) is 31.7 Å². The van der Waals surface area contributed by atoms with Crippen LogP contribution >= 0.6 is 11.6 Å². The summed E-state index contributed by atoms with van der Waals surface area (Å²) in [6.45, 7) is 8.15. The lowest BCUT2D eigenvalue weighted by atomic mass is 9.86. The van der Waals surface area contributed by atoms with Crippen molar-refractivity contribution < 1.29 is 28.6 Å². The number of phenolic OH excluding ortho intramolecular Hbond substituents is 2. The van der Waals surface area contributed by atoms with Crippen LogP contribution in [0.3, 0.4) is 0 Å². The van der Waals surface area contributed by atoms with Gasteiger partial charge in [-0.1, -0.05) is 48.0 Å². The first-order chi connectivity index (χ1) is 30.9. The highest BCUT2D eigenvalue weighted by molar-refractivity contribution is 6.34. The van der Waals surface area contributed by atoms with Crippen LogP contribution in [0.25, 0.3) is 44.5 Å². The normalized spacial score (nSPS) is 17.2. The topological polar surface area (TPSA) is 142 Å². The quantitative estimate of drug-likeness (QED) is 0.0796. The van der Waals surface area contributed by atoms with Gasteiger partial charge in [0, 0.05) is 92.3 Å². The second-order valence-electron chi connectivity index (χ2n) is 17.0. The van der Waals surface area contributed by atoms with E-state index in [1.54, 1.807) is 54.7 Å². The van der Waals surface area contributed by atoms with Gasteiger partial charge in [-0.05, 0) is 108 Å².